The maximum Gasteiger partial charge on any atom is 0.305 e. The fraction of sp³-hybridized carbons (Fsp3) is 0.949. The Balaban J connectivity index is 3.33. The van der Waals surface area contributed by atoms with Gasteiger partial charge in [-0.15, -0.1) is 0 Å². The Morgan fingerprint density at radius 2 is 0.553 bits per heavy atom. The number of allylic oxidation sites excluding steroid dienone is 2. The van der Waals surface area contributed by atoms with Crippen molar-refractivity contribution in [3.05, 3.63) is 12.2 Å². The smallest absolute Gasteiger partial charge is 0.305 e. The molecule has 3 N–H and O–H groups in total. The summed E-state index contributed by atoms with van der Waals surface area (Å²) in [6.45, 7) is 5.01. The minimum Gasteiger partial charge on any atom is -0.466 e. The van der Waals surface area contributed by atoms with Crippen molar-refractivity contribution >= 4 is 11.9 Å². The van der Waals surface area contributed by atoms with Gasteiger partial charge in [-0.2, -0.15) is 0 Å². The molecule has 85 heavy (non-hydrogen) atoms. The largest absolute Gasteiger partial charge is 0.466 e. The molecule has 0 aromatic carbocycles. The van der Waals surface area contributed by atoms with Crippen molar-refractivity contribution in [2.24, 2.45) is 0 Å². The first kappa shape index (κ1) is 83.6. The van der Waals surface area contributed by atoms with E-state index in [1.54, 1.807) is 0 Å². The molecule has 0 fully saturated rings. The molecule has 2 unspecified atom stereocenters. The number of esters is 1. The molecular weight excluding hydrogens is 1040 g/mol. The predicted octanol–water partition coefficient (Wildman–Crippen LogP) is 25.9. The molecule has 0 saturated heterocycles. The number of carbonyl (C=O) groups excluding carboxylic acids is 2. The van der Waals surface area contributed by atoms with E-state index in [9.17, 15) is 19.8 Å². The molecular formula is C79H155NO5. The number of ether oxygens (including phenoxy) is 1. The van der Waals surface area contributed by atoms with Gasteiger partial charge in [-0.3, -0.25) is 9.59 Å². The number of aliphatic hydroxyl groups excluding tert-OH is 2. The van der Waals surface area contributed by atoms with Crippen LogP contribution in [-0.4, -0.2) is 47.4 Å². The first-order valence-electron chi connectivity index (χ1n) is 39.4. The van der Waals surface area contributed by atoms with Crippen molar-refractivity contribution in [2.75, 3.05) is 13.2 Å². The minimum absolute atomic E-state index is 0.0198. The highest BCUT2D eigenvalue weighted by molar-refractivity contribution is 5.76. The molecule has 0 rings (SSSR count). The molecule has 1 amide bonds. The van der Waals surface area contributed by atoms with Crippen molar-refractivity contribution in [1.82, 2.24) is 5.32 Å². The second-order valence-corrected chi connectivity index (χ2v) is 27.4. The second kappa shape index (κ2) is 75.1. The Kier molecular flexibility index (Phi) is 73.8. The van der Waals surface area contributed by atoms with Crippen LogP contribution in [0.4, 0.5) is 0 Å². The van der Waals surface area contributed by atoms with Gasteiger partial charge in [0.15, 0.2) is 0 Å². The van der Waals surface area contributed by atoms with E-state index in [2.05, 4.69) is 31.3 Å². The van der Waals surface area contributed by atoms with E-state index in [0.29, 0.717) is 25.9 Å². The maximum atomic E-state index is 12.6. The Morgan fingerprint density at radius 3 is 0.835 bits per heavy atom. The van der Waals surface area contributed by atoms with Gasteiger partial charge in [0.1, 0.15) is 0 Å². The van der Waals surface area contributed by atoms with E-state index in [4.69, 9.17) is 4.74 Å². The zero-order valence-electron chi connectivity index (χ0n) is 58.1. The molecule has 0 spiro atoms. The molecule has 0 heterocycles. The number of nitrogens with one attached hydrogen (secondary N) is 1. The van der Waals surface area contributed by atoms with Crippen molar-refractivity contribution in [2.45, 2.75) is 469 Å². The van der Waals surface area contributed by atoms with Crippen LogP contribution in [0.25, 0.3) is 0 Å². The summed E-state index contributed by atoms with van der Waals surface area (Å²) >= 11 is 0. The van der Waals surface area contributed by atoms with E-state index >= 15 is 0 Å². The molecule has 0 aliphatic heterocycles. The zero-order valence-corrected chi connectivity index (χ0v) is 58.1. The summed E-state index contributed by atoms with van der Waals surface area (Å²) in [5.74, 6) is -0.00633. The van der Waals surface area contributed by atoms with Gasteiger partial charge in [0.2, 0.25) is 5.91 Å². The zero-order chi connectivity index (χ0) is 61.3. The average molecular weight is 1200 g/mol. The van der Waals surface area contributed by atoms with Crippen LogP contribution in [0.2, 0.25) is 0 Å². The first-order chi connectivity index (χ1) is 42.0. The number of hydrogen-bond acceptors (Lipinski definition) is 5. The van der Waals surface area contributed by atoms with Crippen molar-refractivity contribution in [3.8, 4) is 0 Å². The molecule has 2 atom stereocenters. The van der Waals surface area contributed by atoms with Gasteiger partial charge in [0.05, 0.1) is 25.4 Å². The van der Waals surface area contributed by atoms with Crippen LogP contribution in [0.3, 0.4) is 0 Å². The summed E-state index contributed by atoms with van der Waals surface area (Å²) < 4.78 is 5.52. The number of carbonyl (C=O) groups is 2. The number of rotatable bonds is 75. The SMILES string of the molecule is CCCCCCCC/C=C\CCCCCCCCCCCC(=O)OCCCCCCCCCCCCCCCCCCCCCCCCCCCCCCC(=O)NC(CO)C(O)CCCCCCCCCCCCCCCCCCCCCCC. The summed E-state index contributed by atoms with van der Waals surface area (Å²) in [7, 11) is 0. The van der Waals surface area contributed by atoms with Gasteiger partial charge in [0, 0.05) is 12.8 Å². The van der Waals surface area contributed by atoms with Crippen molar-refractivity contribution in [3.63, 3.8) is 0 Å². The third-order valence-corrected chi connectivity index (χ3v) is 18.8. The molecule has 6 heteroatoms. The topological polar surface area (TPSA) is 95.9 Å². The summed E-state index contributed by atoms with van der Waals surface area (Å²) in [6.07, 6.45) is 94.4. The van der Waals surface area contributed by atoms with Gasteiger partial charge in [0.25, 0.3) is 0 Å². The number of amides is 1. The molecule has 0 radical (unpaired) electrons. The van der Waals surface area contributed by atoms with E-state index in [-0.39, 0.29) is 18.5 Å². The van der Waals surface area contributed by atoms with Crippen LogP contribution in [0.15, 0.2) is 12.2 Å². The molecule has 0 bridgehead atoms. The summed E-state index contributed by atoms with van der Waals surface area (Å²) in [5.41, 5.74) is 0. The predicted molar refractivity (Wildman–Crippen MR) is 375 cm³/mol. The molecule has 506 valence electrons. The molecule has 6 nitrogen and oxygen atoms in total. The van der Waals surface area contributed by atoms with Gasteiger partial charge < -0.3 is 20.3 Å². The monoisotopic (exact) mass is 1200 g/mol. The van der Waals surface area contributed by atoms with E-state index in [1.165, 1.54) is 385 Å². The highest BCUT2D eigenvalue weighted by Gasteiger charge is 2.20. The third kappa shape index (κ3) is 71.6. The molecule has 0 aliphatic carbocycles. The quantitative estimate of drug-likeness (QED) is 0.0320. The van der Waals surface area contributed by atoms with E-state index < -0.39 is 12.1 Å². The Labute approximate surface area is 533 Å². The average Bonchev–Trinajstić information content (AvgIpc) is 3.51. The fourth-order valence-electron chi connectivity index (χ4n) is 12.8. The number of aliphatic hydroxyl groups is 2. The Bertz CT molecular complexity index is 1290. The molecule has 0 aliphatic rings. The highest BCUT2D eigenvalue weighted by Crippen LogP contribution is 2.20. The summed E-state index contributed by atoms with van der Waals surface area (Å²) in [6, 6.07) is -0.540. The summed E-state index contributed by atoms with van der Waals surface area (Å²) in [5, 5.41) is 23.5. The van der Waals surface area contributed by atoms with Crippen molar-refractivity contribution in [1.29, 1.82) is 0 Å². The van der Waals surface area contributed by atoms with Crippen LogP contribution < -0.4 is 5.32 Å². The minimum atomic E-state index is -0.663. The lowest BCUT2D eigenvalue weighted by molar-refractivity contribution is -0.143. The first-order valence-corrected chi connectivity index (χ1v) is 39.4. The lowest BCUT2D eigenvalue weighted by Gasteiger charge is -2.22. The third-order valence-electron chi connectivity index (χ3n) is 18.8. The lowest BCUT2D eigenvalue weighted by Crippen LogP contribution is -2.45. The van der Waals surface area contributed by atoms with E-state index in [0.717, 1.165) is 38.5 Å². The molecule has 0 aromatic heterocycles. The lowest BCUT2D eigenvalue weighted by atomic mass is 10.0. The number of unbranched alkanes of at least 4 members (excludes halogenated alkanes) is 62. The Hall–Kier alpha value is -1.40. The summed E-state index contributed by atoms with van der Waals surface area (Å²) in [4.78, 5) is 24.7. The van der Waals surface area contributed by atoms with Crippen LogP contribution in [-0.2, 0) is 14.3 Å². The highest BCUT2D eigenvalue weighted by atomic mass is 16.5. The van der Waals surface area contributed by atoms with Gasteiger partial charge >= 0.3 is 5.97 Å². The van der Waals surface area contributed by atoms with Crippen LogP contribution >= 0.6 is 0 Å². The van der Waals surface area contributed by atoms with Crippen molar-refractivity contribution < 1.29 is 24.5 Å². The Morgan fingerprint density at radius 1 is 0.318 bits per heavy atom. The molecule has 0 aromatic rings. The van der Waals surface area contributed by atoms with E-state index in [1.807, 2.05) is 0 Å². The maximum absolute atomic E-state index is 12.6. The standard InChI is InChI=1S/C79H155NO5/c1-3-5-7-9-11-13-15-17-19-21-23-32-36-39-43-47-51-55-59-63-67-71-77(82)76(75-81)80-78(83)72-68-64-60-56-52-48-44-40-37-33-30-28-26-24-25-27-29-31-34-38-42-46-50-54-58-62-66-70-74-85-79(84)73-69-65-61-57-53-49-45-41-35-22-20-18-16-14-12-10-8-6-4-2/h18,20,76-77,81-82H,3-17,19,21-75H2,1-2H3,(H,80,83)/b20-18-. The second-order valence-electron chi connectivity index (χ2n) is 27.4. The van der Waals surface area contributed by atoms with Crippen LogP contribution in [0.1, 0.15) is 457 Å². The van der Waals surface area contributed by atoms with Crippen LogP contribution in [0.5, 0.6) is 0 Å². The van der Waals surface area contributed by atoms with Gasteiger partial charge in [-0.25, -0.2) is 0 Å². The number of hydrogen-bond donors (Lipinski definition) is 3. The van der Waals surface area contributed by atoms with Crippen LogP contribution in [0, 0.1) is 0 Å². The van der Waals surface area contributed by atoms with Gasteiger partial charge in [-0.1, -0.05) is 405 Å². The normalized spacial score (nSPS) is 12.5. The molecule has 0 saturated carbocycles. The van der Waals surface area contributed by atoms with Gasteiger partial charge in [-0.05, 0) is 51.4 Å². The fourth-order valence-corrected chi connectivity index (χ4v) is 12.8.